The SMILES string of the molecule is CS(C)(=O)=NC(=O)[C@@H]1CCCN1C(=O)c1cc(=O)c(OCc2ccc(F)cc2)co1. The van der Waals surface area contributed by atoms with Crippen LogP contribution >= 0.6 is 0 Å². The average Bonchev–Trinajstić information content (AvgIpc) is 3.16. The minimum absolute atomic E-state index is 0.0237. The Bertz CT molecular complexity index is 1130. The average molecular weight is 436 g/mol. The number of nitrogens with zero attached hydrogens (tertiary/aromatic N) is 2. The van der Waals surface area contributed by atoms with E-state index >= 15 is 0 Å². The fraction of sp³-hybridized carbons (Fsp3) is 0.350. The van der Waals surface area contributed by atoms with Crippen LogP contribution in [0.2, 0.25) is 0 Å². The summed E-state index contributed by atoms with van der Waals surface area (Å²) in [7, 11) is -2.64. The summed E-state index contributed by atoms with van der Waals surface area (Å²) in [6, 6.07) is 5.77. The molecule has 2 heterocycles. The third kappa shape index (κ3) is 5.32. The van der Waals surface area contributed by atoms with Crippen molar-refractivity contribution in [2.75, 3.05) is 19.1 Å². The number of amides is 2. The van der Waals surface area contributed by atoms with E-state index < -0.39 is 33.0 Å². The van der Waals surface area contributed by atoms with Crippen molar-refractivity contribution < 1.29 is 27.3 Å². The molecule has 1 saturated heterocycles. The van der Waals surface area contributed by atoms with Crippen LogP contribution in [0.3, 0.4) is 0 Å². The Labute approximate surface area is 172 Å². The Morgan fingerprint density at radius 2 is 2.00 bits per heavy atom. The molecule has 0 N–H and O–H groups in total. The normalized spacial score (nSPS) is 16.4. The molecule has 1 aromatic carbocycles. The summed E-state index contributed by atoms with van der Waals surface area (Å²) in [5, 5.41) is 0. The summed E-state index contributed by atoms with van der Waals surface area (Å²) in [5.74, 6) is -1.97. The fourth-order valence-corrected chi connectivity index (χ4v) is 3.60. The fourth-order valence-electron chi connectivity index (χ4n) is 3.04. The molecule has 1 atom stereocenters. The van der Waals surface area contributed by atoms with Gasteiger partial charge in [0.05, 0.1) is 0 Å². The molecule has 0 bridgehead atoms. The van der Waals surface area contributed by atoms with Crippen LogP contribution in [0.25, 0.3) is 0 Å². The second-order valence-electron chi connectivity index (χ2n) is 7.16. The van der Waals surface area contributed by atoms with E-state index in [0.29, 0.717) is 24.9 Å². The highest BCUT2D eigenvalue weighted by Crippen LogP contribution is 2.22. The molecule has 2 amide bonds. The van der Waals surface area contributed by atoms with Crippen LogP contribution in [0.1, 0.15) is 29.0 Å². The molecule has 0 spiro atoms. The van der Waals surface area contributed by atoms with Crippen molar-refractivity contribution in [1.82, 2.24) is 4.90 Å². The molecule has 30 heavy (non-hydrogen) atoms. The van der Waals surface area contributed by atoms with Gasteiger partial charge >= 0.3 is 0 Å². The van der Waals surface area contributed by atoms with Crippen LogP contribution in [0.15, 0.2) is 50.2 Å². The van der Waals surface area contributed by atoms with Gasteiger partial charge in [0.2, 0.25) is 11.2 Å². The van der Waals surface area contributed by atoms with Crippen molar-refractivity contribution in [3.05, 3.63) is 64.0 Å². The van der Waals surface area contributed by atoms with E-state index in [-0.39, 0.29) is 23.9 Å². The van der Waals surface area contributed by atoms with Crippen LogP contribution in [-0.4, -0.2) is 46.0 Å². The first-order chi connectivity index (χ1) is 14.1. The van der Waals surface area contributed by atoms with Gasteiger partial charge in [0.15, 0.2) is 5.76 Å². The Kier molecular flexibility index (Phi) is 6.35. The van der Waals surface area contributed by atoms with Crippen molar-refractivity contribution in [3.8, 4) is 5.75 Å². The summed E-state index contributed by atoms with van der Waals surface area (Å²) in [6.07, 6.45) is 4.69. The molecule has 8 nitrogen and oxygen atoms in total. The largest absolute Gasteiger partial charge is 0.482 e. The van der Waals surface area contributed by atoms with Crippen LogP contribution in [0, 0.1) is 5.82 Å². The van der Waals surface area contributed by atoms with Gasteiger partial charge in [0.25, 0.3) is 11.8 Å². The monoisotopic (exact) mass is 436 g/mol. The number of carbonyl (C=O) groups is 2. The van der Waals surface area contributed by atoms with E-state index in [1.165, 1.54) is 41.7 Å². The predicted octanol–water partition coefficient (Wildman–Crippen LogP) is 2.22. The lowest BCUT2D eigenvalue weighted by atomic mass is 10.2. The molecule has 1 aliphatic heterocycles. The summed E-state index contributed by atoms with van der Waals surface area (Å²) < 4.78 is 39.0. The van der Waals surface area contributed by atoms with Gasteiger partial charge in [0.1, 0.15) is 24.7 Å². The van der Waals surface area contributed by atoms with Crippen molar-refractivity contribution >= 4 is 21.5 Å². The summed E-state index contributed by atoms with van der Waals surface area (Å²) in [5.41, 5.74) is 0.0881. The zero-order valence-electron chi connectivity index (χ0n) is 16.5. The molecule has 0 unspecified atom stereocenters. The Morgan fingerprint density at radius 1 is 1.30 bits per heavy atom. The Hall–Kier alpha value is -3.01. The van der Waals surface area contributed by atoms with Crippen molar-refractivity contribution in [3.63, 3.8) is 0 Å². The van der Waals surface area contributed by atoms with E-state index in [4.69, 9.17) is 9.15 Å². The van der Waals surface area contributed by atoms with E-state index in [1.54, 1.807) is 0 Å². The zero-order valence-corrected chi connectivity index (χ0v) is 17.3. The number of halogens is 1. The molecule has 0 saturated carbocycles. The predicted molar refractivity (Wildman–Crippen MR) is 107 cm³/mol. The summed E-state index contributed by atoms with van der Waals surface area (Å²) >= 11 is 0. The van der Waals surface area contributed by atoms with E-state index in [9.17, 15) is 23.0 Å². The Morgan fingerprint density at radius 3 is 2.63 bits per heavy atom. The molecule has 2 aromatic rings. The number of hydrogen-bond acceptors (Lipinski definition) is 6. The summed E-state index contributed by atoms with van der Waals surface area (Å²) in [6.45, 7) is 0.321. The number of hydrogen-bond donors (Lipinski definition) is 0. The quantitative estimate of drug-likeness (QED) is 0.712. The maximum Gasteiger partial charge on any atom is 0.290 e. The molecule has 1 aliphatic rings. The maximum atomic E-state index is 12.9. The molecular formula is C20H21FN2O6S. The first-order valence-electron chi connectivity index (χ1n) is 9.16. The second kappa shape index (κ2) is 8.78. The molecule has 1 aromatic heterocycles. The van der Waals surface area contributed by atoms with Crippen LogP contribution < -0.4 is 10.2 Å². The highest BCUT2D eigenvalue weighted by molar-refractivity contribution is 7.92. The number of rotatable bonds is 5. The lowest BCUT2D eigenvalue weighted by Crippen LogP contribution is -2.40. The minimum Gasteiger partial charge on any atom is -0.482 e. The molecule has 1 fully saturated rings. The van der Waals surface area contributed by atoms with E-state index in [1.807, 2.05) is 0 Å². The van der Waals surface area contributed by atoms with Crippen molar-refractivity contribution in [2.24, 2.45) is 4.36 Å². The lowest BCUT2D eigenvalue weighted by Gasteiger charge is -2.21. The standard InChI is InChI=1S/C20H21FN2O6S/c1-30(2,27)22-19(25)15-4-3-9-23(15)20(26)17-10-16(24)18(12-29-17)28-11-13-5-7-14(21)8-6-13/h5-8,10,12,15H,3-4,9,11H2,1-2H3/t15-/m0/s1. The Balaban J connectivity index is 1.72. The van der Waals surface area contributed by atoms with Gasteiger partial charge in [0, 0.05) is 34.9 Å². The van der Waals surface area contributed by atoms with Gasteiger partial charge in [-0.15, -0.1) is 0 Å². The van der Waals surface area contributed by atoms with Gasteiger partial charge in [-0.3, -0.25) is 14.4 Å². The highest BCUT2D eigenvalue weighted by Gasteiger charge is 2.36. The topological polar surface area (TPSA) is 106 Å². The molecule has 0 aliphatic carbocycles. The molecule has 10 heteroatoms. The first kappa shape index (κ1) is 21.7. The van der Waals surface area contributed by atoms with Gasteiger partial charge in [-0.2, -0.15) is 4.36 Å². The molecule has 160 valence electrons. The minimum atomic E-state index is -2.64. The lowest BCUT2D eigenvalue weighted by molar-refractivity contribution is -0.121. The van der Waals surface area contributed by atoms with Gasteiger partial charge in [-0.05, 0) is 30.5 Å². The second-order valence-corrected chi connectivity index (χ2v) is 9.70. The number of benzene rings is 1. The van der Waals surface area contributed by atoms with Gasteiger partial charge in [-0.1, -0.05) is 12.1 Å². The highest BCUT2D eigenvalue weighted by atomic mass is 32.2. The van der Waals surface area contributed by atoms with Crippen LogP contribution in [0.5, 0.6) is 5.75 Å². The van der Waals surface area contributed by atoms with Gasteiger partial charge in [-0.25, -0.2) is 8.60 Å². The van der Waals surface area contributed by atoms with E-state index in [0.717, 1.165) is 12.3 Å². The first-order valence-corrected chi connectivity index (χ1v) is 11.5. The number of ether oxygens (including phenoxy) is 1. The zero-order chi connectivity index (χ0) is 21.9. The van der Waals surface area contributed by atoms with Crippen molar-refractivity contribution in [1.29, 1.82) is 0 Å². The van der Waals surface area contributed by atoms with Crippen LogP contribution in [-0.2, 0) is 21.1 Å². The molecule has 3 rings (SSSR count). The molecular weight excluding hydrogens is 415 g/mol. The smallest absolute Gasteiger partial charge is 0.290 e. The van der Waals surface area contributed by atoms with Crippen molar-refractivity contribution in [2.45, 2.75) is 25.5 Å². The molecule has 0 radical (unpaired) electrons. The van der Waals surface area contributed by atoms with Gasteiger partial charge < -0.3 is 14.1 Å². The third-order valence-electron chi connectivity index (χ3n) is 4.42. The summed E-state index contributed by atoms with van der Waals surface area (Å²) in [4.78, 5) is 38.6. The van der Waals surface area contributed by atoms with Crippen LogP contribution in [0.4, 0.5) is 4.39 Å². The number of carbonyl (C=O) groups excluding carboxylic acids is 2. The number of likely N-dealkylation sites (tertiary alicyclic amines) is 1. The third-order valence-corrected chi connectivity index (χ3v) is 5.04. The van der Waals surface area contributed by atoms with E-state index in [2.05, 4.69) is 4.36 Å². The maximum absolute atomic E-state index is 12.9.